The van der Waals surface area contributed by atoms with Gasteiger partial charge < -0.3 is 11.5 Å². The summed E-state index contributed by atoms with van der Waals surface area (Å²) in [6, 6.07) is 15.1. The van der Waals surface area contributed by atoms with Crippen LogP contribution in [0, 0.1) is 42.9 Å². The Morgan fingerprint density at radius 1 is 0.767 bits per heavy atom. The molecule has 2 aromatic rings. The Kier molecular flexibility index (Phi) is 7.41. The molecule has 0 unspecified atom stereocenters. The number of hydrogen-bond donors (Lipinski definition) is 2. The van der Waals surface area contributed by atoms with Crippen LogP contribution in [0.25, 0.3) is 0 Å². The zero-order valence-electron chi connectivity index (χ0n) is 15.0. The Morgan fingerprint density at radius 2 is 1.10 bits per heavy atom. The number of hydrogen-bond acceptors (Lipinski definition) is 10. The summed E-state index contributed by atoms with van der Waals surface area (Å²) in [5, 5.41) is 41.0. The van der Waals surface area contributed by atoms with Crippen LogP contribution in [-0.2, 0) is 0 Å². The van der Waals surface area contributed by atoms with E-state index in [1.807, 2.05) is 0 Å². The second-order valence-electron chi connectivity index (χ2n) is 5.36. The zero-order chi connectivity index (χ0) is 22.3. The molecule has 0 radical (unpaired) electrons. The van der Waals surface area contributed by atoms with Crippen molar-refractivity contribution in [3.8, 4) is 12.1 Å². The van der Waals surface area contributed by atoms with Crippen molar-refractivity contribution >= 4 is 34.9 Å². The predicted octanol–water partition coefficient (Wildman–Crippen LogP) is 3.78. The summed E-state index contributed by atoms with van der Waals surface area (Å²) in [6.07, 6.45) is 0. The molecule has 0 fully saturated rings. The molecular formula is C18H12N6O4S2. The van der Waals surface area contributed by atoms with Crippen LogP contribution in [0.5, 0.6) is 0 Å². The topological polar surface area (TPSA) is 186 Å². The SMILES string of the molecule is N#CC(=C(/N)Sc1ccccc1[N+](=O)[O-])/C(C#N)=C(\N)Sc1ccccc1[N+](=O)[O-]. The van der Waals surface area contributed by atoms with Crippen LogP contribution in [0.2, 0.25) is 0 Å². The second kappa shape index (κ2) is 9.97. The van der Waals surface area contributed by atoms with E-state index in [1.165, 1.54) is 36.4 Å². The largest absolute Gasteiger partial charge is 0.392 e. The number of rotatable bonds is 7. The quantitative estimate of drug-likeness (QED) is 0.211. The summed E-state index contributed by atoms with van der Waals surface area (Å²) in [4.78, 5) is 21.5. The minimum Gasteiger partial charge on any atom is -0.392 e. The number of nitro groups is 2. The van der Waals surface area contributed by atoms with Crippen LogP contribution in [0.4, 0.5) is 11.4 Å². The predicted molar refractivity (Wildman–Crippen MR) is 112 cm³/mol. The van der Waals surface area contributed by atoms with E-state index in [2.05, 4.69) is 0 Å². The summed E-state index contributed by atoms with van der Waals surface area (Å²) in [5.41, 5.74) is 10.9. The maximum absolute atomic E-state index is 11.2. The third-order valence-electron chi connectivity index (χ3n) is 3.53. The molecular weight excluding hydrogens is 428 g/mol. The van der Waals surface area contributed by atoms with Crippen molar-refractivity contribution in [3.63, 3.8) is 0 Å². The van der Waals surface area contributed by atoms with E-state index in [0.717, 1.165) is 23.5 Å². The lowest BCUT2D eigenvalue weighted by molar-refractivity contribution is -0.387. The van der Waals surface area contributed by atoms with Gasteiger partial charge in [-0.25, -0.2) is 0 Å². The first-order chi connectivity index (χ1) is 14.3. The zero-order valence-corrected chi connectivity index (χ0v) is 16.6. The van der Waals surface area contributed by atoms with Crippen molar-refractivity contribution in [2.24, 2.45) is 11.5 Å². The normalized spacial score (nSPS) is 12.1. The fourth-order valence-electron chi connectivity index (χ4n) is 2.20. The molecule has 0 bridgehead atoms. The summed E-state index contributed by atoms with van der Waals surface area (Å²) >= 11 is 1.48. The molecule has 0 spiro atoms. The number of thioether (sulfide) groups is 2. The molecule has 0 aliphatic heterocycles. The van der Waals surface area contributed by atoms with Crippen LogP contribution >= 0.6 is 23.5 Å². The van der Waals surface area contributed by atoms with Gasteiger partial charge in [0.05, 0.1) is 29.7 Å². The lowest BCUT2D eigenvalue weighted by atomic mass is 10.1. The summed E-state index contributed by atoms with van der Waals surface area (Å²) < 4.78 is 0. The van der Waals surface area contributed by atoms with Gasteiger partial charge in [0.15, 0.2) is 0 Å². The van der Waals surface area contributed by atoms with Gasteiger partial charge in [-0.3, -0.25) is 20.2 Å². The molecule has 4 N–H and O–H groups in total. The van der Waals surface area contributed by atoms with Gasteiger partial charge in [0.1, 0.15) is 23.3 Å². The number of nitrogens with two attached hydrogens (primary N) is 2. The minimum absolute atomic E-state index is 0.172. The highest BCUT2D eigenvalue weighted by Crippen LogP contribution is 2.37. The van der Waals surface area contributed by atoms with Crippen molar-refractivity contribution in [3.05, 3.63) is 90.0 Å². The van der Waals surface area contributed by atoms with Crippen LogP contribution in [0.15, 0.2) is 79.5 Å². The molecule has 0 aliphatic rings. The minimum atomic E-state index is -0.596. The molecule has 30 heavy (non-hydrogen) atoms. The first-order valence-electron chi connectivity index (χ1n) is 7.92. The van der Waals surface area contributed by atoms with Crippen molar-refractivity contribution in [1.82, 2.24) is 0 Å². The fraction of sp³-hybridized carbons (Fsp3) is 0. The smallest absolute Gasteiger partial charge is 0.283 e. The Morgan fingerprint density at radius 3 is 1.40 bits per heavy atom. The molecule has 2 rings (SSSR count). The lowest BCUT2D eigenvalue weighted by Crippen LogP contribution is -2.06. The summed E-state index contributed by atoms with van der Waals surface area (Å²) in [6.45, 7) is 0. The number of allylic oxidation sites excluding steroid dienone is 2. The van der Waals surface area contributed by atoms with E-state index < -0.39 is 9.85 Å². The van der Waals surface area contributed by atoms with Gasteiger partial charge in [-0.15, -0.1) is 0 Å². The Labute approximate surface area is 178 Å². The Hall–Kier alpha value is -4.00. The number of nitro benzene ring substituents is 2. The maximum Gasteiger partial charge on any atom is 0.283 e. The average Bonchev–Trinajstić information content (AvgIpc) is 2.72. The standard InChI is InChI=1S/C18H12N6O4S2/c19-9-11(17(21)29-15-7-3-1-5-13(15)23(25)26)12(10-20)18(22)30-16-8-4-2-6-14(16)24(27)28/h1-8H,21-22H2/b17-11+,18-12+. The van der Waals surface area contributed by atoms with Gasteiger partial charge in [-0.2, -0.15) is 10.5 Å². The third-order valence-corrected chi connectivity index (χ3v) is 5.51. The molecule has 0 atom stereocenters. The van der Waals surface area contributed by atoms with Crippen LogP contribution in [0.3, 0.4) is 0 Å². The van der Waals surface area contributed by atoms with Gasteiger partial charge >= 0.3 is 0 Å². The molecule has 150 valence electrons. The molecule has 0 heterocycles. The monoisotopic (exact) mass is 440 g/mol. The number of para-hydroxylation sites is 2. The van der Waals surface area contributed by atoms with Crippen molar-refractivity contribution in [2.45, 2.75) is 9.79 Å². The van der Waals surface area contributed by atoms with E-state index in [4.69, 9.17) is 11.5 Å². The van der Waals surface area contributed by atoms with Gasteiger partial charge in [-0.1, -0.05) is 47.8 Å². The van der Waals surface area contributed by atoms with Crippen LogP contribution < -0.4 is 11.5 Å². The van der Waals surface area contributed by atoms with Crippen LogP contribution in [-0.4, -0.2) is 9.85 Å². The van der Waals surface area contributed by atoms with E-state index >= 15 is 0 Å². The molecule has 0 aliphatic carbocycles. The van der Waals surface area contributed by atoms with Crippen LogP contribution in [0.1, 0.15) is 0 Å². The van der Waals surface area contributed by atoms with Crippen molar-refractivity contribution < 1.29 is 9.85 Å². The highest BCUT2D eigenvalue weighted by Gasteiger charge is 2.21. The Balaban J connectivity index is 2.49. The van der Waals surface area contributed by atoms with Gasteiger partial charge in [0, 0.05) is 12.1 Å². The molecule has 0 saturated carbocycles. The molecule has 2 aromatic carbocycles. The lowest BCUT2D eigenvalue weighted by Gasteiger charge is -2.08. The first-order valence-corrected chi connectivity index (χ1v) is 9.56. The van der Waals surface area contributed by atoms with Crippen molar-refractivity contribution in [1.29, 1.82) is 10.5 Å². The average molecular weight is 440 g/mol. The summed E-state index contributed by atoms with van der Waals surface area (Å²) in [5.74, 6) is 0. The van der Waals surface area contributed by atoms with Gasteiger partial charge in [-0.05, 0) is 12.1 Å². The number of nitriles is 2. The first kappa shape index (κ1) is 22.3. The molecule has 12 heteroatoms. The number of nitrogens with zero attached hydrogens (tertiary/aromatic N) is 4. The molecule has 0 aromatic heterocycles. The summed E-state index contributed by atoms with van der Waals surface area (Å²) in [7, 11) is 0. The van der Waals surface area contributed by atoms with Gasteiger partial charge in [0.25, 0.3) is 11.4 Å². The van der Waals surface area contributed by atoms with E-state index in [-0.39, 0.29) is 42.4 Å². The highest BCUT2D eigenvalue weighted by atomic mass is 32.2. The van der Waals surface area contributed by atoms with E-state index in [1.54, 1.807) is 24.3 Å². The molecule has 10 nitrogen and oxygen atoms in total. The van der Waals surface area contributed by atoms with E-state index in [0.29, 0.717) is 0 Å². The molecule has 0 saturated heterocycles. The number of benzene rings is 2. The van der Waals surface area contributed by atoms with E-state index in [9.17, 15) is 30.8 Å². The third kappa shape index (κ3) is 5.08. The molecule has 0 amide bonds. The maximum atomic E-state index is 11.2. The fourth-order valence-corrected chi connectivity index (χ4v) is 3.96. The second-order valence-corrected chi connectivity index (χ2v) is 7.52. The van der Waals surface area contributed by atoms with Gasteiger partial charge in [0.2, 0.25) is 0 Å². The highest BCUT2D eigenvalue weighted by molar-refractivity contribution is 8.03. The Bertz CT molecular complexity index is 1070. The van der Waals surface area contributed by atoms with Crippen molar-refractivity contribution in [2.75, 3.05) is 0 Å².